The van der Waals surface area contributed by atoms with Gasteiger partial charge in [0.25, 0.3) is 0 Å². The first-order chi connectivity index (χ1) is 15.7. The van der Waals surface area contributed by atoms with Crippen molar-refractivity contribution < 1.29 is 9.47 Å². The van der Waals surface area contributed by atoms with Crippen LogP contribution in [0.2, 0.25) is 0 Å². The summed E-state index contributed by atoms with van der Waals surface area (Å²) in [5.41, 5.74) is 5.68. The quantitative estimate of drug-likeness (QED) is 0.401. The molecular weight excluding hydrogens is 420 g/mol. The smallest absolute Gasteiger partial charge is 0.247 e. The van der Waals surface area contributed by atoms with Gasteiger partial charge in [-0.05, 0) is 42.3 Å². The SMILES string of the molecule is COc1ccc([C@H]2Nc3ccccc3-c3nnc(SCc4ccccc4)nc3O2)cc1C. The molecule has 1 aliphatic heterocycles. The van der Waals surface area contributed by atoms with Crippen LogP contribution in [0, 0.1) is 6.92 Å². The Hall–Kier alpha value is -3.58. The van der Waals surface area contributed by atoms with Crippen molar-refractivity contribution in [3.63, 3.8) is 0 Å². The Bertz CT molecular complexity index is 1250. The van der Waals surface area contributed by atoms with Crippen molar-refractivity contribution in [2.45, 2.75) is 24.1 Å². The number of thioether (sulfide) groups is 1. The van der Waals surface area contributed by atoms with Crippen LogP contribution in [0.4, 0.5) is 5.69 Å². The molecule has 2 heterocycles. The Morgan fingerprint density at radius 2 is 1.81 bits per heavy atom. The van der Waals surface area contributed by atoms with Crippen LogP contribution in [0.1, 0.15) is 22.9 Å². The summed E-state index contributed by atoms with van der Waals surface area (Å²) in [7, 11) is 1.67. The van der Waals surface area contributed by atoms with Gasteiger partial charge in [0.15, 0.2) is 11.9 Å². The van der Waals surface area contributed by atoms with Crippen molar-refractivity contribution in [1.29, 1.82) is 0 Å². The zero-order chi connectivity index (χ0) is 21.9. The molecule has 4 aromatic rings. The average Bonchev–Trinajstić information content (AvgIpc) is 3.00. The lowest BCUT2D eigenvalue weighted by atomic mass is 10.1. The van der Waals surface area contributed by atoms with E-state index in [1.165, 1.54) is 17.3 Å². The number of benzene rings is 3. The van der Waals surface area contributed by atoms with Crippen LogP contribution in [0.15, 0.2) is 78.0 Å². The molecule has 6 nitrogen and oxygen atoms in total. The monoisotopic (exact) mass is 442 g/mol. The molecule has 160 valence electrons. The Kier molecular flexibility index (Phi) is 5.64. The highest BCUT2D eigenvalue weighted by Gasteiger charge is 2.26. The fourth-order valence-electron chi connectivity index (χ4n) is 3.65. The number of aryl methyl sites for hydroxylation is 1. The first kappa shape index (κ1) is 20.3. The van der Waals surface area contributed by atoms with E-state index in [2.05, 4.69) is 33.7 Å². The standard InChI is InChI=1S/C25H22N4O2S/c1-16-14-18(12-13-21(16)30-2)23-26-20-11-7-6-10-19(20)22-24(31-23)27-25(29-28-22)32-15-17-8-4-3-5-9-17/h3-14,23,26H,15H2,1-2H3/t23-/m0/s1. The lowest BCUT2D eigenvalue weighted by molar-refractivity contribution is 0.225. The minimum atomic E-state index is -0.425. The maximum Gasteiger partial charge on any atom is 0.247 e. The molecule has 0 radical (unpaired) electrons. The fraction of sp³-hybridized carbons (Fsp3) is 0.160. The predicted molar refractivity (Wildman–Crippen MR) is 126 cm³/mol. The van der Waals surface area contributed by atoms with Gasteiger partial charge in [0.05, 0.1) is 7.11 Å². The maximum absolute atomic E-state index is 6.37. The zero-order valence-corrected chi connectivity index (χ0v) is 18.6. The molecule has 7 heteroatoms. The number of ether oxygens (including phenoxy) is 2. The van der Waals surface area contributed by atoms with Gasteiger partial charge in [-0.1, -0.05) is 60.3 Å². The third-order valence-corrected chi connectivity index (χ3v) is 6.17. The van der Waals surface area contributed by atoms with E-state index in [0.717, 1.165) is 33.9 Å². The maximum atomic E-state index is 6.37. The number of para-hydroxylation sites is 1. The second-order valence-electron chi connectivity index (χ2n) is 7.44. The molecule has 0 amide bonds. The molecule has 0 saturated heterocycles. The normalized spacial score (nSPS) is 14.4. The Balaban J connectivity index is 1.50. The van der Waals surface area contributed by atoms with Crippen molar-refractivity contribution in [3.05, 3.63) is 89.5 Å². The Morgan fingerprint density at radius 3 is 2.62 bits per heavy atom. The second kappa shape index (κ2) is 8.88. The van der Waals surface area contributed by atoms with Gasteiger partial charge in [-0.15, -0.1) is 10.2 Å². The van der Waals surface area contributed by atoms with Crippen LogP contribution in [0.5, 0.6) is 11.6 Å². The van der Waals surface area contributed by atoms with Crippen molar-refractivity contribution in [2.24, 2.45) is 0 Å². The molecule has 3 aromatic carbocycles. The Morgan fingerprint density at radius 1 is 1.00 bits per heavy atom. The molecule has 0 unspecified atom stereocenters. The summed E-state index contributed by atoms with van der Waals surface area (Å²) in [6, 6.07) is 24.2. The van der Waals surface area contributed by atoms with Crippen molar-refractivity contribution in [2.75, 3.05) is 12.4 Å². The molecule has 1 atom stereocenters. The number of nitrogens with zero attached hydrogens (tertiary/aromatic N) is 3. The summed E-state index contributed by atoms with van der Waals surface area (Å²) in [6.07, 6.45) is -0.425. The van der Waals surface area contributed by atoms with Crippen molar-refractivity contribution in [3.8, 4) is 22.9 Å². The van der Waals surface area contributed by atoms with Crippen LogP contribution in [-0.2, 0) is 5.75 Å². The summed E-state index contributed by atoms with van der Waals surface area (Å²) in [5, 5.41) is 12.9. The number of hydrogen-bond acceptors (Lipinski definition) is 7. The van der Waals surface area contributed by atoms with Crippen molar-refractivity contribution in [1.82, 2.24) is 15.2 Å². The van der Waals surface area contributed by atoms with E-state index >= 15 is 0 Å². The van der Waals surface area contributed by atoms with Crippen molar-refractivity contribution >= 4 is 17.4 Å². The molecule has 1 aromatic heterocycles. The summed E-state index contributed by atoms with van der Waals surface area (Å²) < 4.78 is 11.8. The van der Waals surface area contributed by atoms with Crippen LogP contribution in [0.25, 0.3) is 11.3 Å². The highest BCUT2D eigenvalue weighted by molar-refractivity contribution is 7.98. The fourth-order valence-corrected chi connectivity index (χ4v) is 4.38. The van der Waals surface area contributed by atoms with Gasteiger partial charge in [-0.25, -0.2) is 0 Å². The van der Waals surface area contributed by atoms with Gasteiger partial charge >= 0.3 is 0 Å². The number of fused-ring (bicyclic) bond motifs is 3. The average molecular weight is 443 g/mol. The molecule has 32 heavy (non-hydrogen) atoms. The number of aromatic nitrogens is 3. The van der Waals surface area contributed by atoms with E-state index in [4.69, 9.17) is 14.5 Å². The second-order valence-corrected chi connectivity index (χ2v) is 8.38. The van der Waals surface area contributed by atoms with Gasteiger partial charge in [0.1, 0.15) is 5.75 Å². The summed E-state index contributed by atoms with van der Waals surface area (Å²) in [5.74, 6) is 2.07. The van der Waals surface area contributed by atoms with E-state index in [-0.39, 0.29) is 0 Å². The van der Waals surface area contributed by atoms with Crippen LogP contribution < -0.4 is 14.8 Å². The number of rotatable bonds is 5. The lowest BCUT2D eigenvalue weighted by Crippen LogP contribution is -2.17. The molecule has 1 N–H and O–H groups in total. The van der Waals surface area contributed by atoms with Gasteiger partial charge in [-0.3, -0.25) is 0 Å². The highest BCUT2D eigenvalue weighted by Crippen LogP contribution is 2.40. The Labute approximate surface area is 191 Å². The van der Waals surface area contributed by atoms with Crippen LogP contribution in [-0.4, -0.2) is 22.3 Å². The third kappa shape index (κ3) is 4.11. The topological polar surface area (TPSA) is 69.2 Å². The number of methoxy groups -OCH3 is 1. The molecule has 1 aliphatic rings. The first-order valence-corrected chi connectivity index (χ1v) is 11.3. The van der Waals surface area contributed by atoms with E-state index in [1.807, 2.05) is 61.5 Å². The number of hydrogen-bond donors (Lipinski definition) is 1. The molecule has 0 aliphatic carbocycles. The lowest BCUT2D eigenvalue weighted by Gasteiger charge is -2.20. The molecule has 5 rings (SSSR count). The molecule has 0 spiro atoms. The zero-order valence-electron chi connectivity index (χ0n) is 17.8. The first-order valence-electron chi connectivity index (χ1n) is 10.3. The van der Waals surface area contributed by atoms with Crippen LogP contribution >= 0.6 is 11.8 Å². The number of anilines is 1. The van der Waals surface area contributed by atoms with E-state index in [9.17, 15) is 0 Å². The highest BCUT2D eigenvalue weighted by atomic mass is 32.2. The van der Waals surface area contributed by atoms with Gasteiger partial charge < -0.3 is 14.8 Å². The molecule has 0 bridgehead atoms. The molecule has 0 fully saturated rings. The minimum Gasteiger partial charge on any atom is -0.496 e. The van der Waals surface area contributed by atoms with E-state index in [1.54, 1.807) is 7.11 Å². The van der Waals surface area contributed by atoms with Gasteiger partial charge in [-0.2, -0.15) is 4.98 Å². The summed E-state index contributed by atoms with van der Waals surface area (Å²) in [6.45, 7) is 2.02. The summed E-state index contributed by atoms with van der Waals surface area (Å²) in [4.78, 5) is 4.72. The minimum absolute atomic E-state index is 0.425. The van der Waals surface area contributed by atoms with Crippen LogP contribution in [0.3, 0.4) is 0 Å². The number of nitrogens with one attached hydrogen (secondary N) is 1. The third-order valence-electron chi connectivity index (χ3n) is 5.27. The summed E-state index contributed by atoms with van der Waals surface area (Å²) >= 11 is 1.54. The van der Waals surface area contributed by atoms with E-state index < -0.39 is 6.23 Å². The largest absolute Gasteiger partial charge is 0.496 e. The predicted octanol–water partition coefficient (Wildman–Crippen LogP) is 5.65. The molecule has 0 saturated carbocycles. The van der Waals surface area contributed by atoms with Gasteiger partial charge in [0.2, 0.25) is 11.0 Å². The van der Waals surface area contributed by atoms with E-state index in [0.29, 0.717) is 16.7 Å². The molecular formula is C25H22N4O2S. The van der Waals surface area contributed by atoms with Gasteiger partial charge in [0, 0.05) is 22.6 Å².